The van der Waals surface area contributed by atoms with Gasteiger partial charge in [-0.2, -0.15) is 5.26 Å². The van der Waals surface area contributed by atoms with Gasteiger partial charge in [-0.3, -0.25) is 4.79 Å². The standard InChI is InChI=1S/C27H28N2O2S/c1-2-3-4-5-10-19-31-23-17-15-21(16-18-23)27(30)29-24-12-7-9-14-26(24)32-25-13-8-6-11-22(25)20-28/h6-9,11-18H,2-5,10,19H2,1H3,(H,29,30). The molecule has 4 nitrogen and oxygen atoms in total. The molecule has 5 heteroatoms. The van der Waals surface area contributed by atoms with Gasteiger partial charge in [-0.25, -0.2) is 0 Å². The number of amides is 1. The van der Waals surface area contributed by atoms with Crippen LogP contribution in [-0.2, 0) is 0 Å². The molecule has 0 saturated heterocycles. The largest absolute Gasteiger partial charge is 0.494 e. The minimum atomic E-state index is -0.183. The van der Waals surface area contributed by atoms with Crippen LogP contribution in [0.3, 0.4) is 0 Å². The van der Waals surface area contributed by atoms with Gasteiger partial charge in [0.25, 0.3) is 5.91 Å². The van der Waals surface area contributed by atoms with Crippen LogP contribution >= 0.6 is 11.8 Å². The third-order valence-corrected chi connectivity index (χ3v) is 6.15. The lowest BCUT2D eigenvalue weighted by Gasteiger charge is -2.12. The average Bonchev–Trinajstić information content (AvgIpc) is 2.83. The highest BCUT2D eigenvalue weighted by atomic mass is 32.2. The number of anilines is 1. The predicted molar refractivity (Wildman–Crippen MR) is 130 cm³/mol. The van der Waals surface area contributed by atoms with Crippen molar-refractivity contribution in [3.8, 4) is 11.8 Å². The van der Waals surface area contributed by atoms with Crippen molar-refractivity contribution in [1.82, 2.24) is 0 Å². The summed E-state index contributed by atoms with van der Waals surface area (Å²) in [6.45, 7) is 2.91. The van der Waals surface area contributed by atoms with E-state index in [9.17, 15) is 10.1 Å². The van der Waals surface area contributed by atoms with E-state index in [1.807, 2.05) is 54.6 Å². The van der Waals surface area contributed by atoms with Gasteiger partial charge < -0.3 is 10.1 Å². The summed E-state index contributed by atoms with van der Waals surface area (Å²) in [5, 5.41) is 12.3. The lowest BCUT2D eigenvalue weighted by atomic mass is 10.1. The number of hydrogen-bond acceptors (Lipinski definition) is 4. The fourth-order valence-electron chi connectivity index (χ4n) is 3.22. The van der Waals surface area contributed by atoms with Crippen LogP contribution in [0.1, 0.15) is 54.9 Å². The van der Waals surface area contributed by atoms with E-state index in [-0.39, 0.29) is 5.91 Å². The highest BCUT2D eigenvalue weighted by Gasteiger charge is 2.11. The first kappa shape index (κ1) is 23.4. The Morgan fingerprint density at radius 1 is 0.906 bits per heavy atom. The Bertz CT molecular complexity index is 1060. The zero-order chi connectivity index (χ0) is 22.6. The maximum absolute atomic E-state index is 12.8. The highest BCUT2D eigenvalue weighted by molar-refractivity contribution is 7.99. The predicted octanol–water partition coefficient (Wildman–Crippen LogP) is 7.31. The van der Waals surface area contributed by atoms with Crippen molar-refractivity contribution in [3.05, 3.63) is 83.9 Å². The van der Waals surface area contributed by atoms with E-state index in [2.05, 4.69) is 18.3 Å². The Kier molecular flexibility index (Phi) is 9.21. The smallest absolute Gasteiger partial charge is 0.255 e. The highest BCUT2D eigenvalue weighted by Crippen LogP contribution is 2.35. The van der Waals surface area contributed by atoms with Crippen LogP contribution in [0.4, 0.5) is 5.69 Å². The first-order valence-corrected chi connectivity index (χ1v) is 11.8. The van der Waals surface area contributed by atoms with Crippen molar-refractivity contribution in [2.75, 3.05) is 11.9 Å². The average molecular weight is 445 g/mol. The number of para-hydroxylation sites is 1. The lowest BCUT2D eigenvalue weighted by molar-refractivity contribution is 0.102. The third-order valence-electron chi connectivity index (χ3n) is 5.00. The molecule has 3 aromatic carbocycles. The van der Waals surface area contributed by atoms with Crippen molar-refractivity contribution in [2.45, 2.75) is 48.8 Å². The molecule has 3 aromatic rings. The number of nitrogens with zero attached hydrogens (tertiary/aromatic N) is 1. The maximum atomic E-state index is 12.8. The van der Waals surface area contributed by atoms with E-state index in [0.29, 0.717) is 23.4 Å². The third kappa shape index (κ3) is 6.90. The minimum Gasteiger partial charge on any atom is -0.494 e. The van der Waals surface area contributed by atoms with Crippen molar-refractivity contribution in [2.24, 2.45) is 0 Å². The van der Waals surface area contributed by atoms with Gasteiger partial charge in [0, 0.05) is 15.4 Å². The molecule has 0 aliphatic rings. The summed E-state index contributed by atoms with van der Waals surface area (Å²) in [5.74, 6) is 0.596. The number of ether oxygens (including phenoxy) is 1. The van der Waals surface area contributed by atoms with E-state index >= 15 is 0 Å². The van der Waals surface area contributed by atoms with Crippen molar-refractivity contribution in [3.63, 3.8) is 0 Å². The molecule has 0 aliphatic heterocycles. The van der Waals surface area contributed by atoms with Gasteiger partial charge in [-0.05, 0) is 55.0 Å². The van der Waals surface area contributed by atoms with Crippen LogP contribution < -0.4 is 10.1 Å². The van der Waals surface area contributed by atoms with Crippen LogP contribution in [-0.4, -0.2) is 12.5 Å². The monoisotopic (exact) mass is 444 g/mol. The Morgan fingerprint density at radius 2 is 1.59 bits per heavy atom. The molecule has 0 saturated carbocycles. The number of rotatable bonds is 11. The van der Waals surface area contributed by atoms with Crippen molar-refractivity contribution in [1.29, 1.82) is 5.26 Å². The van der Waals surface area contributed by atoms with Gasteiger partial charge >= 0.3 is 0 Å². The summed E-state index contributed by atoms with van der Waals surface area (Å²) in [5.41, 5.74) is 1.89. The Morgan fingerprint density at radius 3 is 2.34 bits per heavy atom. The summed E-state index contributed by atoms with van der Waals surface area (Å²) in [6.07, 6.45) is 5.99. The molecule has 0 spiro atoms. The first-order chi connectivity index (χ1) is 15.7. The van der Waals surface area contributed by atoms with Crippen LogP contribution in [0.25, 0.3) is 0 Å². The second-order valence-electron chi connectivity index (χ2n) is 7.45. The number of unbranched alkanes of at least 4 members (excludes halogenated alkanes) is 4. The summed E-state index contributed by atoms with van der Waals surface area (Å²) in [4.78, 5) is 14.5. The molecule has 0 heterocycles. The minimum absolute atomic E-state index is 0.183. The Balaban J connectivity index is 1.60. The molecule has 0 aromatic heterocycles. The number of carbonyl (C=O) groups excluding carboxylic acids is 1. The molecule has 1 amide bonds. The Hall–Kier alpha value is -3.23. The summed E-state index contributed by atoms with van der Waals surface area (Å²) < 4.78 is 5.79. The fourth-order valence-corrected chi connectivity index (χ4v) is 4.20. The Labute approximate surface area is 194 Å². The van der Waals surface area contributed by atoms with Crippen molar-refractivity contribution >= 4 is 23.4 Å². The molecule has 164 valence electrons. The summed E-state index contributed by atoms with van der Waals surface area (Å²) >= 11 is 1.46. The first-order valence-electron chi connectivity index (χ1n) is 11.0. The lowest BCUT2D eigenvalue weighted by Crippen LogP contribution is -2.12. The molecule has 0 radical (unpaired) electrons. The van der Waals surface area contributed by atoms with Gasteiger partial charge in [0.15, 0.2) is 0 Å². The zero-order valence-corrected chi connectivity index (χ0v) is 19.2. The van der Waals surface area contributed by atoms with E-state index in [1.54, 1.807) is 18.2 Å². The fraction of sp³-hybridized carbons (Fsp3) is 0.259. The second-order valence-corrected chi connectivity index (χ2v) is 8.53. The van der Waals surface area contributed by atoms with Crippen LogP contribution in [0.2, 0.25) is 0 Å². The van der Waals surface area contributed by atoms with E-state index in [4.69, 9.17) is 4.74 Å². The van der Waals surface area contributed by atoms with Crippen LogP contribution in [0.5, 0.6) is 5.75 Å². The second kappa shape index (κ2) is 12.6. The molecule has 0 unspecified atom stereocenters. The van der Waals surface area contributed by atoms with Gasteiger partial charge in [-0.1, -0.05) is 68.6 Å². The van der Waals surface area contributed by atoms with E-state index < -0.39 is 0 Å². The molecular formula is C27H28N2O2S. The summed E-state index contributed by atoms with van der Waals surface area (Å²) in [7, 11) is 0. The zero-order valence-electron chi connectivity index (χ0n) is 18.3. The van der Waals surface area contributed by atoms with Crippen LogP contribution in [0.15, 0.2) is 82.6 Å². The normalized spacial score (nSPS) is 10.4. The topological polar surface area (TPSA) is 62.1 Å². The number of carbonyl (C=O) groups is 1. The van der Waals surface area contributed by atoms with Gasteiger partial charge in [-0.15, -0.1) is 0 Å². The molecule has 0 aliphatic carbocycles. The number of benzene rings is 3. The molecule has 0 atom stereocenters. The SMILES string of the molecule is CCCCCCCOc1ccc(C(=O)Nc2ccccc2Sc2ccccc2C#N)cc1. The molecule has 32 heavy (non-hydrogen) atoms. The quantitative estimate of drug-likeness (QED) is 0.315. The molecule has 0 bridgehead atoms. The van der Waals surface area contributed by atoms with E-state index in [1.165, 1.54) is 37.4 Å². The molecule has 1 N–H and O–H groups in total. The molecule has 3 rings (SSSR count). The van der Waals surface area contributed by atoms with Gasteiger partial charge in [0.2, 0.25) is 0 Å². The van der Waals surface area contributed by atoms with Crippen molar-refractivity contribution < 1.29 is 9.53 Å². The molecule has 0 fully saturated rings. The number of nitriles is 1. The number of nitrogens with one attached hydrogen (secondary N) is 1. The molecular weight excluding hydrogens is 416 g/mol. The van der Waals surface area contributed by atoms with E-state index in [0.717, 1.165) is 22.0 Å². The summed E-state index contributed by atoms with van der Waals surface area (Å²) in [6, 6.07) is 24.5. The number of hydrogen-bond donors (Lipinski definition) is 1. The van der Waals surface area contributed by atoms with Gasteiger partial charge in [0.1, 0.15) is 11.8 Å². The van der Waals surface area contributed by atoms with Gasteiger partial charge in [0.05, 0.1) is 17.9 Å². The maximum Gasteiger partial charge on any atom is 0.255 e. The van der Waals surface area contributed by atoms with Crippen LogP contribution in [0, 0.1) is 11.3 Å².